The average molecular weight is 184 g/mol. The van der Waals surface area contributed by atoms with Gasteiger partial charge in [0.25, 0.3) is 0 Å². The SMILES string of the molecule is C[NH+]1CCC([C@H]2CCCC[NH2+]2)CC1. The topological polar surface area (TPSA) is 21.1 Å². The Morgan fingerprint density at radius 2 is 1.85 bits per heavy atom. The third kappa shape index (κ3) is 2.44. The molecule has 0 aromatic rings. The molecule has 0 amide bonds. The summed E-state index contributed by atoms with van der Waals surface area (Å²) in [6.07, 6.45) is 7.39. The Kier molecular flexibility index (Phi) is 3.23. The molecule has 0 saturated carbocycles. The number of piperidine rings is 2. The monoisotopic (exact) mass is 184 g/mol. The average Bonchev–Trinajstić information content (AvgIpc) is 2.20. The van der Waals surface area contributed by atoms with Crippen LogP contribution in [0.1, 0.15) is 32.1 Å². The summed E-state index contributed by atoms with van der Waals surface area (Å²) in [7, 11) is 2.33. The van der Waals surface area contributed by atoms with Crippen molar-refractivity contribution in [3.8, 4) is 0 Å². The number of hydrogen-bond donors (Lipinski definition) is 2. The molecule has 0 bridgehead atoms. The molecule has 0 spiro atoms. The minimum absolute atomic E-state index is 0.988. The summed E-state index contributed by atoms with van der Waals surface area (Å²) < 4.78 is 0. The van der Waals surface area contributed by atoms with Crippen molar-refractivity contribution in [3.63, 3.8) is 0 Å². The smallest absolute Gasteiger partial charge is 0.0892 e. The molecule has 3 N–H and O–H groups in total. The highest BCUT2D eigenvalue weighted by Gasteiger charge is 2.30. The molecule has 76 valence electrons. The molecule has 0 unspecified atom stereocenters. The summed E-state index contributed by atoms with van der Waals surface area (Å²) in [5, 5.41) is 2.62. The number of quaternary nitrogens is 2. The zero-order valence-corrected chi connectivity index (χ0v) is 8.89. The van der Waals surface area contributed by atoms with Crippen LogP contribution >= 0.6 is 0 Å². The van der Waals surface area contributed by atoms with E-state index in [1.165, 1.54) is 51.7 Å². The van der Waals surface area contributed by atoms with Crippen molar-refractivity contribution in [2.75, 3.05) is 26.7 Å². The number of likely N-dealkylation sites (tertiary alicyclic amines) is 1. The second kappa shape index (κ2) is 4.43. The third-order valence-electron chi connectivity index (χ3n) is 3.95. The van der Waals surface area contributed by atoms with E-state index in [-0.39, 0.29) is 0 Å². The molecule has 0 aliphatic carbocycles. The summed E-state index contributed by atoms with van der Waals surface area (Å²) in [4.78, 5) is 1.74. The molecule has 1 atom stereocenters. The van der Waals surface area contributed by atoms with E-state index in [1.807, 2.05) is 0 Å². The van der Waals surface area contributed by atoms with Gasteiger partial charge in [0.05, 0.1) is 32.7 Å². The highest BCUT2D eigenvalue weighted by molar-refractivity contribution is 4.72. The van der Waals surface area contributed by atoms with Crippen LogP contribution in [0.3, 0.4) is 0 Å². The molecule has 2 aliphatic rings. The maximum Gasteiger partial charge on any atom is 0.0892 e. The number of nitrogens with one attached hydrogen (secondary N) is 1. The van der Waals surface area contributed by atoms with E-state index < -0.39 is 0 Å². The summed E-state index contributed by atoms with van der Waals surface area (Å²) >= 11 is 0. The molecule has 2 aliphatic heterocycles. The predicted molar refractivity (Wildman–Crippen MR) is 53.8 cm³/mol. The minimum Gasteiger partial charge on any atom is -0.344 e. The second-order valence-corrected chi connectivity index (χ2v) is 4.98. The maximum absolute atomic E-state index is 2.62. The Hall–Kier alpha value is -0.0800. The predicted octanol–water partition coefficient (Wildman–Crippen LogP) is -0.973. The van der Waals surface area contributed by atoms with Crippen LogP contribution in [0.25, 0.3) is 0 Å². The quantitative estimate of drug-likeness (QED) is 0.523. The summed E-state index contributed by atoms with van der Waals surface area (Å²) in [5.74, 6) is 1.05. The van der Waals surface area contributed by atoms with Crippen molar-refractivity contribution in [2.24, 2.45) is 5.92 Å². The standard InChI is InChI=1S/C11H22N2/c1-13-8-5-10(6-9-13)11-4-2-3-7-12-11/h10-12H,2-9H2,1H3/p+2/t11-/m1/s1. The molecule has 2 heterocycles. The summed E-state index contributed by atoms with van der Waals surface area (Å²) in [5.41, 5.74) is 0. The molecule has 0 aromatic heterocycles. The zero-order chi connectivity index (χ0) is 9.10. The molecular weight excluding hydrogens is 160 g/mol. The second-order valence-electron chi connectivity index (χ2n) is 4.98. The van der Waals surface area contributed by atoms with Crippen LogP contribution in [-0.4, -0.2) is 32.7 Å². The lowest BCUT2D eigenvalue weighted by Gasteiger charge is -2.32. The Bertz CT molecular complexity index is 144. The van der Waals surface area contributed by atoms with Gasteiger partial charge in [0.2, 0.25) is 0 Å². The lowest BCUT2D eigenvalue weighted by molar-refractivity contribution is -0.887. The highest BCUT2D eigenvalue weighted by Crippen LogP contribution is 2.17. The molecule has 2 rings (SSSR count). The number of nitrogens with two attached hydrogens (primary N) is 1. The van der Waals surface area contributed by atoms with Gasteiger partial charge in [-0.15, -0.1) is 0 Å². The molecule has 0 radical (unpaired) electrons. The minimum atomic E-state index is 0.988. The molecule has 2 fully saturated rings. The van der Waals surface area contributed by atoms with Crippen LogP contribution in [0.2, 0.25) is 0 Å². The van der Waals surface area contributed by atoms with E-state index in [2.05, 4.69) is 12.4 Å². The van der Waals surface area contributed by atoms with Gasteiger partial charge < -0.3 is 10.2 Å². The first kappa shape index (κ1) is 9.47. The van der Waals surface area contributed by atoms with Crippen molar-refractivity contribution in [2.45, 2.75) is 38.1 Å². The molecule has 0 aromatic carbocycles. The largest absolute Gasteiger partial charge is 0.344 e. The molecule has 2 saturated heterocycles. The molecule has 2 heteroatoms. The Morgan fingerprint density at radius 1 is 1.08 bits per heavy atom. The van der Waals surface area contributed by atoms with Crippen molar-refractivity contribution < 1.29 is 10.2 Å². The van der Waals surface area contributed by atoms with Crippen LogP contribution < -0.4 is 10.2 Å². The van der Waals surface area contributed by atoms with Crippen molar-refractivity contribution >= 4 is 0 Å². The van der Waals surface area contributed by atoms with Crippen LogP contribution in [0.5, 0.6) is 0 Å². The van der Waals surface area contributed by atoms with Gasteiger partial charge in [-0.1, -0.05) is 0 Å². The van der Waals surface area contributed by atoms with E-state index in [9.17, 15) is 0 Å². The fraction of sp³-hybridized carbons (Fsp3) is 1.00. The summed E-state index contributed by atoms with van der Waals surface area (Å²) in [6.45, 7) is 4.22. The van der Waals surface area contributed by atoms with Crippen molar-refractivity contribution in [1.29, 1.82) is 0 Å². The lowest BCUT2D eigenvalue weighted by atomic mass is 9.85. The van der Waals surface area contributed by atoms with E-state index >= 15 is 0 Å². The van der Waals surface area contributed by atoms with Gasteiger partial charge in [-0.25, -0.2) is 0 Å². The van der Waals surface area contributed by atoms with Crippen molar-refractivity contribution in [1.82, 2.24) is 0 Å². The highest BCUT2D eigenvalue weighted by atomic mass is 15.1. The Morgan fingerprint density at radius 3 is 2.46 bits per heavy atom. The lowest BCUT2D eigenvalue weighted by Crippen LogP contribution is -3.10. The maximum atomic E-state index is 2.62. The van der Waals surface area contributed by atoms with Crippen LogP contribution in [-0.2, 0) is 0 Å². The van der Waals surface area contributed by atoms with Gasteiger partial charge in [0.15, 0.2) is 0 Å². The molecular formula is C11H24N2+2. The van der Waals surface area contributed by atoms with E-state index in [0.29, 0.717) is 0 Å². The van der Waals surface area contributed by atoms with Gasteiger partial charge in [-0.3, -0.25) is 0 Å². The first-order valence-corrected chi connectivity index (χ1v) is 6.01. The van der Waals surface area contributed by atoms with E-state index in [0.717, 1.165) is 12.0 Å². The first-order valence-electron chi connectivity index (χ1n) is 6.01. The van der Waals surface area contributed by atoms with E-state index in [4.69, 9.17) is 0 Å². The Balaban J connectivity index is 1.79. The van der Waals surface area contributed by atoms with Gasteiger partial charge in [-0.05, 0) is 19.3 Å². The first-order chi connectivity index (χ1) is 6.36. The molecule has 2 nitrogen and oxygen atoms in total. The summed E-state index contributed by atoms with van der Waals surface area (Å²) in [6, 6.07) is 0.988. The van der Waals surface area contributed by atoms with Gasteiger partial charge >= 0.3 is 0 Å². The number of hydrogen-bond acceptors (Lipinski definition) is 0. The molecule has 13 heavy (non-hydrogen) atoms. The van der Waals surface area contributed by atoms with Gasteiger partial charge in [0, 0.05) is 18.8 Å². The van der Waals surface area contributed by atoms with Crippen LogP contribution in [0, 0.1) is 5.92 Å². The van der Waals surface area contributed by atoms with Gasteiger partial charge in [0.1, 0.15) is 0 Å². The van der Waals surface area contributed by atoms with Crippen molar-refractivity contribution in [3.05, 3.63) is 0 Å². The fourth-order valence-corrected chi connectivity index (χ4v) is 2.96. The Labute approximate surface area is 81.7 Å². The van der Waals surface area contributed by atoms with Gasteiger partial charge in [-0.2, -0.15) is 0 Å². The number of rotatable bonds is 1. The normalized spacial score (nSPS) is 41.8. The fourth-order valence-electron chi connectivity index (χ4n) is 2.96. The van der Waals surface area contributed by atoms with E-state index in [1.54, 1.807) is 4.90 Å². The van der Waals surface area contributed by atoms with Crippen LogP contribution in [0.15, 0.2) is 0 Å². The van der Waals surface area contributed by atoms with Crippen LogP contribution in [0.4, 0.5) is 0 Å². The zero-order valence-electron chi connectivity index (χ0n) is 8.89. The third-order valence-corrected chi connectivity index (χ3v) is 3.95.